The number of anilines is 1. The van der Waals surface area contributed by atoms with Gasteiger partial charge in [0.15, 0.2) is 4.34 Å². The molecule has 4 aromatic rings. The van der Waals surface area contributed by atoms with E-state index in [4.69, 9.17) is 0 Å². The van der Waals surface area contributed by atoms with E-state index in [-0.39, 0.29) is 22.3 Å². The number of hydrogen-bond donors (Lipinski definition) is 1. The first kappa shape index (κ1) is 26.5. The van der Waals surface area contributed by atoms with Gasteiger partial charge in [0.2, 0.25) is 5.13 Å². The number of aliphatic hydroxyl groups is 1. The van der Waals surface area contributed by atoms with Crippen LogP contribution >= 0.6 is 45.7 Å². The van der Waals surface area contributed by atoms with Crippen LogP contribution < -0.4 is 4.90 Å². The molecule has 38 heavy (non-hydrogen) atoms. The van der Waals surface area contributed by atoms with Crippen LogP contribution in [-0.4, -0.2) is 27.0 Å². The number of ketones is 1. The lowest BCUT2D eigenvalue weighted by Gasteiger charge is -2.22. The Morgan fingerprint density at radius 3 is 2.55 bits per heavy atom. The monoisotopic (exact) mass is 657 g/mol. The number of Topliss-reactive ketones (excluding diaryl/α,β-unsaturated/α-hetero) is 1. The number of aliphatic hydroxyl groups excluding tert-OH is 1. The molecule has 0 spiro atoms. The summed E-state index contributed by atoms with van der Waals surface area (Å²) >= 11 is 4.62. The van der Waals surface area contributed by atoms with Crippen LogP contribution in [0.15, 0.2) is 76.6 Å². The molecule has 10 heteroatoms. The second-order valence-electron chi connectivity index (χ2n) is 8.77. The second-order valence-corrected chi connectivity index (χ2v) is 12.2. The number of hydrogen-bond acceptors (Lipinski definition) is 7. The van der Waals surface area contributed by atoms with Crippen LogP contribution in [0, 0.1) is 23.2 Å². The minimum Gasteiger partial charge on any atom is -0.507 e. The topological polar surface area (TPSA) is 83.4 Å². The van der Waals surface area contributed by atoms with Crippen molar-refractivity contribution in [1.82, 2.24) is 10.2 Å². The molecule has 1 aromatic heterocycles. The number of carbonyl (C=O) groups excluding carboxylic acids is 2. The van der Waals surface area contributed by atoms with Gasteiger partial charge in [-0.2, -0.15) is 0 Å². The number of benzene rings is 3. The molecule has 1 unspecified atom stereocenters. The Balaban J connectivity index is 1.57. The van der Waals surface area contributed by atoms with Crippen molar-refractivity contribution in [1.29, 1.82) is 0 Å². The van der Waals surface area contributed by atoms with Gasteiger partial charge in [-0.05, 0) is 77.4 Å². The standard InChI is InChI=1S/C28H21FIN3O3S2/c1-15-7-8-16(2)20(13-15)24(34)22-23(17-9-11-19(30)12-10-17)33(26(36)25(22)35)27-31-32-28(38-27)37-14-18-5-3-4-6-21(18)29/h3-13,23,34H,14H2,1-2H3. The van der Waals surface area contributed by atoms with Gasteiger partial charge in [0, 0.05) is 14.9 Å². The van der Waals surface area contributed by atoms with E-state index in [9.17, 15) is 19.1 Å². The quantitative estimate of drug-likeness (QED) is 0.0613. The Morgan fingerprint density at radius 2 is 1.82 bits per heavy atom. The van der Waals surface area contributed by atoms with Crippen molar-refractivity contribution >= 4 is 68.3 Å². The average Bonchev–Trinajstić information content (AvgIpc) is 3.47. The molecule has 1 fully saturated rings. The first-order chi connectivity index (χ1) is 18.2. The second kappa shape index (κ2) is 11.0. The van der Waals surface area contributed by atoms with Gasteiger partial charge in [-0.1, -0.05) is 71.1 Å². The summed E-state index contributed by atoms with van der Waals surface area (Å²) in [5.41, 5.74) is 3.38. The summed E-state index contributed by atoms with van der Waals surface area (Å²) in [4.78, 5) is 28.1. The Hall–Kier alpha value is -3.09. The number of aromatic nitrogens is 2. The number of halogens is 2. The predicted octanol–water partition coefficient (Wildman–Crippen LogP) is 6.82. The zero-order chi connectivity index (χ0) is 27.0. The highest BCUT2D eigenvalue weighted by Crippen LogP contribution is 2.44. The van der Waals surface area contributed by atoms with Crippen LogP contribution in [0.2, 0.25) is 0 Å². The summed E-state index contributed by atoms with van der Waals surface area (Å²) in [5.74, 6) is -1.77. The molecule has 1 amide bonds. The van der Waals surface area contributed by atoms with E-state index in [1.807, 2.05) is 50.2 Å². The Bertz CT molecular complexity index is 1590. The van der Waals surface area contributed by atoms with Crippen molar-refractivity contribution in [3.8, 4) is 0 Å². The van der Waals surface area contributed by atoms with Gasteiger partial charge in [-0.25, -0.2) is 4.39 Å². The highest BCUT2D eigenvalue weighted by atomic mass is 127. The molecule has 3 aromatic carbocycles. The summed E-state index contributed by atoms with van der Waals surface area (Å²) in [7, 11) is 0. The predicted molar refractivity (Wildman–Crippen MR) is 156 cm³/mol. The van der Waals surface area contributed by atoms with E-state index in [1.165, 1.54) is 22.7 Å². The first-order valence-corrected chi connectivity index (χ1v) is 14.5. The number of carbonyl (C=O) groups is 2. The minimum atomic E-state index is -0.885. The molecule has 0 saturated carbocycles. The molecule has 0 aliphatic carbocycles. The lowest BCUT2D eigenvalue weighted by Crippen LogP contribution is -2.29. The van der Waals surface area contributed by atoms with E-state index in [0.29, 0.717) is 26.8 Å². The number of thioether (sulfide) groups is 1. The molecule has 1 aliphatic rings. The van der Waals surface area contributed by atoms with Crippen molar-refractivity contribution < 1.29 is 19.1 Å². The lowest BCUT2D eigenvalue weighted by atomic mass is 9.93. The van der Waals surface area contributed by atoms with Crippen LogP contribution in [0.25, 0.3) is 5.76 Å². The fraction of sp³-hybridized carbons (Fsp3) is 0.143. The first-order valence-electron chi connectivity index (χ1n) is 11.6. The number of rotatable bonds is 6. The molecular weight excluding hydrogens is 636 g/mol. The molecule has 1 atom stereocenters. The van der Waals surface area contributed by atoms with Crippen molar-refractivity contribution in [3.63, 3.8) is 0 Å². The molecule has 2 heterocycles. The summed E-state index contributed by atoms with van der Waals surface area (Å²) in [6, 6.07) is 18.6. The third kappa shape index (κ3) is 5.12. The molecule has 6 nitrogen and oxygen atoms in total. The zero-order valence-corrected chi connectivity index (χ0v) is 24.1. The van der Waals surface area contributed by atoms with E-state index in [2.05, 4.69) is 32.8 Å². The molecule has 1 saturated heterocycles. The summed E-state index contributed by atoms with van der Waals surface area (Å²) < 4.78 is 15.6. The van der Waals surface area contributed by atoms with E-state index >= 15 is 0 Å². The minimum absolute atomic E-state index is 0.000618. The normalized spacial score (nSPS) is 16.8. The smallest absolute Gasteiger partial charge is 0.301 e. The van der Waals surface area contributed by atoms with Gasteiger partial charge < -0.3 is 5.11 Å². The number of amides is 1. The van der Waals surface area contributed by atoms with Gasteiger partial charge in [0.05, 0.1) is 11.6 Å². The van der Waals surface area contributed by atoms with E-state index < -0.39 is 17.7 Å². The van der Waals surface area contributed by atoms with Crippen LogP contribution in [0.3, 0.4) is 0 Å². The molecular formula is C28H21FIN3O3S2. The fourth-order valence-corrected chi connectivity index (χ4v) is 6.45. The Kier molecular flexibility index (Phi) is 7.64. The SMILES string of the molecule is Cc1ccc(C)c(C(O)=C2C(=O)C(=O)N(c3nnc(SCc4ccccc4F)s3)C2c2ccc(I)cc2)c1. The van der Waals surface area contributed by atoms with Crippen molar-refractivity contribution in [2.45, 2.75) is 30.0 Å². The molecule has 192 valence electrons. The van der Waals surface area contributed by atoms with Gasteiger partial charge in [0.25, 0.3) is 5.78 Å². The summed E-state index contributed by atoms with van der Waals surface area (Å²) in [5, 5.41) is 20.0. The van der Waals surface area contributed by atoms with Crippen LogP contribution in [-0.2, 0) is 15.3 Å². The van der Waals surface area contributed by atoms with Gasteiger partial charge in [0.1, 0.15) is 11.6 Å². The molecule has 1 N–H and O–H groups in total. The Labute approximate surface area is 240 Å². The van der Waals surface area contributed by atoms with Gasteiger partial charge in [-0.15, -0.1) is 10.2 Å². The molecule has 5 rings (SSSR count). The molecule has 0 bridgehead atoms. The van der Waals surface area contributed by atoms with Gasteiger partial charge >= 0.3 is 5.91 Å². The summed E-state index contributed by atoms with van der Waals surface area (Å²) in [6.45, 7) is 3.74. The summed E-state index contributed by atoms with van der Waals surface area (Å²) in [6.07, 6.45) is 0. The fourth-order valence-electron chi connectivity index (χ4n) is 4.24. The van der Waals surface area contributed by atoms with Crippen molar-refractivity contribution in [2.75, 3.05) is 4.90 Å². The van der Waals surface area contributed by atoms with Gasteiger partial charge in [-0.3, -0.25) is 14.5 Å². The highest BCUT2D eigenvalue weighted by molar-refractivity contribution is 14.1. The van der Waals surface area contributed by atoms with Crippen LogP contribution in [0.5, 0.6) is 0 Å². The van der Waals surface area contributed by atoms with Crippen molar-refractivity contribution in [2.24, 2.45) is 0 Å². The molecule has 0 radical (unpaired) electrons. The highest BCUT2D eigenvalue weighted by Gasteiger charge is 2.48. The number of aryl methyl sites for hydroxylation is 2. The number of nitrogens with zero attached hydrogens (tertiary/aromatic N) is 3. The maximum absolute atomic E-state index is 14.1. The Morgan fingerprint density at radius 1 is 1.08 bits per heavy atom. The lowest BCUT2D eigenvalue weighted by molar-refractivity contribution is -0.132. The van der Waals surface area contributed by atoms with Crippen molar-refractivity contribution in [3.05, 3.63) is 110 Å². The van der Waals surface area contributed by atoms with E-state index in [1.54, 1.807) is 24.3 Å². The average molecular weight is 658 g/mol. The molecule has 1 aliphatic heterocycles. The zero-order valence-electron chi connectivity index (χ0n) is 20.3. The maximum Gasteiger partial charge on any atom is 0.301 e. The maximum atomic E-state index is 14.1. The third-order valence-electron chi connectivity index (χ3n) is 6.19. The van der Waals surface area contributed by atoms with Crippen LogP contribution in [0.1, 0.15) is 33.9 Å². The van der Waals surface area contributed by atoms with Crippen LogP contribution in [0.4, 0.5) is 9.52 Å². The third-order valence-corrected chi connectivity index (χ3v) is 9.01. The largest absolute Gasteiger partial charge is 0.507 e. The van der Waals surface area contributed by atoms with E-state index in [0.717, 1.165) is 26.0 Å².